The van der Waals surface area contributed by atoms with E-state index in [0.29, 0.717) is 19.8 Å². The Morgan fingerprint density at radius 2 is 2.32 bits per heavy atom. The summed E-state index contributed by atoms with van der Waals surface area (Å²) in [4.78, 5) is 12.2. The first-order valence-corrected chi connectivity index (χ1v) is 6.68. The van der Waals surface area contributed by atoms with E-state index in [1.54, 1.807) is 13.2 Å². The number of methoxy groups -OCH3 is 1. The van der Waals surface area contributed by atoms with Crippen LogP contribution in [0, 0.1) is 10.8 Å². The van der Waals surface area contributed by atoms with Gasteiger partial charge in [0.25, 0.3) is 0 Å². The van der Waals surface area contributed by atoms with E-state index in [1.165, 1.54) is 0 Å². The molecule has 0 N–H and O–H groups in total. The maximum absolute atomic E-state index is 12.2. The summed E-state index contributed by atoms with van der Waals surface area (Å²) < 4.78 is 10.3. The predicted molar refractivity (Wildman–Crippen MR) is 74.6 cm³/mol. The molecule has 0 spiro atoms. The van der Waals surface area contributed by atoms with Gasteiger partial charge >= 0.3 is 0 Å². The van der Waals surface area contributed by atoms with Gasteiger partial charge in [-0.05, 0) is 37.2 Å². The second-order valence-electron chi connectivity index (χ2n) is 5.66. The molecular weight excluding hydrogens is 240 g/mol. The van der Waals surface area contributed by atoms with Crippen LogP contribution in [0.1, 0.15) is 25.7 Å². The lowest BCUT2D eigenvalue weighted by atomic mass is 9.69. The maximum atomic E-state index is 12.2. The highest BCUT2D eigenvalue weighted by atomic mass is 16.7. The molecular formula is C16H22O3. The summed E-state index contributed by atoms with van der Waals surface area (Å²) >= 11 is 0. The van der Waals surface area contributed by atoms with Gasteiger partial charge < -0.3 is 9.47 Å². The number of allylic oxidation sites excluding steroid dienone is 4. The zero-order valence-corrected chi connectivity index (χ0v) is 11.6. The molecule has 2 atom stereocenters. The second-order valence-corrected chi connectivity index (χ2v) is 5.66. The molecule has 0 aliphatic heterocycles. The molecule has 2 rings (SSSR count). The SMILES string of the molecule is C=CC[C@]12C[C@@](CCOCOC)(C=CC1=O)CC2=C. The Labute approximate surface area is 115 Å². The van der Waals surface area contributed by atoms with Gasteiger partial charge in [0.2, 0.25) is 0 Å². The minimum Gasteiger partial charge on any atom is -0.359 e. The zero-order valence-electron chi connectivity index (χ0n) is 11.6. The fourth-order valence-electron chi connectivity index (χ4n) is 3.42. The summed E-state index contributed by atoms with van der Waals surface area (Å²) in [6.07, 6.45) is 8.94. The molecule has 2 aliphatic rings. The number of hydrogen-bond acceptors (Lipinski definition) is 3. The Morgan fingerprint density at radius 1 is 1.53 bits per heavy atom. The minimum absolute atomic E-state index is 0.0295. The van der Waals surface area contributed by atoms with Crippen molar-refractivity contribution in [1.29, 1.82) is 0 Å². The third-order valence-corrected chi connectivity index (χ3v) is 4.39. The molecule has 0 saturated heterocycles. The van der Waals surface area contributed by atoms with Crippen molar-refractivity contribution in [2.75, 3.05) is 20.5 Å². The quantitative estimate of drug-likeness (QED) is 0.402. The average molecular weight is 262 g/mol. The zero-order chi connectivity index (χ0) is 13.9. The van der Waals surface area contributed by atoms with Crippen LogP contribution < -0.4 is 0 Å². The van der Waals surface area contributed by atoms with Gasteiger partial charge in [-0.2, -0.15) is 0 Å². The summed E-state index contributed by atoms with van der Waals surface area (Å²) in [6, 6.07) is 0. The standard InChI is InChI=1S/C16H22O3/c1-4-6-16-11-15(10-13(16)2,7-5-14(16)17)8-9-19-12-18-3/h4-5,7H,1-2,6,8-12H2,3H3/t15-,16-/m1/s1. The maximum Gasteiger partial charge on any atom is 0.165 e. The second kappa shape index (κ2) is 5.43. The lowest BCUT2D eigenvalue weighted by molar-refractivity contribution is -0.122. The molecule has 0 aromatic heterocycles. The summed E-state index contributed by atoms with van der Waals surface area (Å²) in [5.41, 5.74) is 0.675. The highest BCUT2D eigenvalue weighted by Gasteiger charge is 2.54. The molecule has 104 valence electrons. The lowest BCUT2D eigenvalue weighted by Crippen LogP contribution is -2.33. The number of ether oxygens (including phenoxy) is 2. The normalized spacial score (nSPS) is 32.9. The van der Waals surface area contributed by atoms with Gasteiger partial charge in [-0.25, -0.2) is 0 Å². The van der Waals surface area contributed by atoms with Crippen molar-refractivity contribution < 1.29 is 14.3 Å². The Balaban J connectivity index is 2.12. The van der Waals surface area contributed by atoms with Crippen LogP contribution in [-0.4, -0.2) is 26.3 Å². The summed E-state index contributed by atoms with van der Waals surface area (Å²) in [7, 11) is 1.62. The summed E-state index contributed by atoms with van der Waals surface area (Å²) in [5, 5.41) is 0. The number of carbonyl (C=O) groups is 1. The summed E-state index contributed by atoms with van der Waals surface area (Å²) in [6.45, 7) is 8.90. The monoisotopic (exact) mass is 262 g/mol. The molecule has 0 aromatic rings. The molecule has 0 aromatic carbocycles. The van der Waals surface area contributed by atoms with Crippen molar-refractivity contribution in [2.24, 2.45) is 10.8 Å². The fraction of sp³-hybridized carbons (Fsp3) is 0.562. The van der Waals surface area contributed by atoms with Crippen LogP contribution in [0.2, 0.25) is 0 Å². The van der Waals surface area contributed by atoms with Crippen molar-refractivity contribution in [3.8, 4) is 0 Å². The van der Waals surface area contributed by atoms with E-state index < -0.39 is 5.41 Å². The molecule has 1 saturated carbocycles. The minimum atomic E-state index is -0.405. The molecule has 2 bridgehead atoms. The number of carbonyl (C=O) groups excluding carboxylic acids is 1. The Bertz CT molecular complexity index is 424. The first kappa shape index (κ1) is 14.2. The molecule has 1 fully saturated rings. The molecule has 3 nitrogen and oxygen atoms in total. The van der Waals surface area contributed by atoms with Crippen LogP contribution in [0.25, 0.3) is 0 Å². The molecule has 0 unspecified atom stereocenters. The molecule has 0 radical (unpaired) electrons. The van der Waals surface area contributed by atoms with Gasteiger partial charge in [0.15, 0.2) is 5.78 Å². The van der Waals surface area contributed by atoms with Crippen LogP contribution in [0.15, 0.2) is 37.0 Å². The highest BCUT2D eigenvalue weighted by molar-refractivity contribution is 5.99. The topological polar surface area (TPSA) is 35.5 Å². The predicted octanol–water partition coefficient (Wildman–Crippen LogP) is 3.03. The molecule has 2 aliphatic carbocycles. The van der Waals surface area contributed by atoms with Crippen molar-refractivity contribution in [3.63, 3.8) is 0 Å². The van der Waals surface area contributed by atoms with E-state index in [0.717, 1.165) is 24.8 Å². The van der Waals surface area contributed by atoms with E-state index >= 15 is 0 Å². The first-order chi connectivity index (χ1) is 9.08. The van der Waals surface area contributed by atoms with Gasteiger partial charge in [0.1, 0.15) is 6.79 Å². The van der Waals surface area contributed by atoms with Gasteiger partial charge in [0.05, 0.1) is 12.0 Å². The van der Waals surface area contributed by atoms with Crippen LogP contribution in [0.4, 0.5) is 0 Å². The largest absolute Gasteiger partial charge is 0.359 e. The van der Waals surface area contributed by atoms with Gasteiger partial charge in [0, 0.05) is 7.11 Å². The van der Waals surface area contributed by atoms with Gasteiger partial charge in [-0.1, -0.05) is 24.3 Å². The molecule has 0 amide bonds. The average Bonchev–Trinajstić information content (AvgIpc) is 2.62. The van der Waals surface area contributed by atoms with E-state index in [-0.39, 0.29) is 11.2 Å². The van der Waals surface area contributed by atoms with Crippen molar-refractivity contribution in [2.45, 2.75) is 25.7 Å². The number of fused-ring (bicyclic) bond motifs is 2. The fourth-order valence-corrected chi connectivity index (χ4v) is 3.42. The third kappa shape index (κ3) is 2.45. The van der Waals surface area contributed by atoms with Crippen LogP contribution in [0.5, 0.6) is 0 Å². The van der Waals surface area contributed by atoms with Crippen LogP contribution in [-0.2, 0) is 14.3 Å². The van der Waals surface area contributed by atoms with E-state index in [9.17, 15) is 4.79 Å². The van der Waals surface area contributed by atoms with Crippen LogP contribution in [0.3, 0.4) is 0 Å². The van der Waals surface area contributed by atoms with Crippen molar-refractivity contribution >= 4 is 5.78 Å². The highest BCUT2D eigenvalue weighted by Crippen LogP contribution is 2.59. The molecule has 19 heavy (non-hydrogen) atoms. The first-order valence-electron chi connectivity index (χ1n) is 6.68. The number of rotatable bonds is 7. The van der Waals surface area contributed by atoms with Gasteiger partial charge in [-0.15, -0.1) is 6.58 Å². The lowest BCUT2D eigenvalue weighted by Gasteiger charge is -2.33. The molecule has 0 heterocycles. The molecule has 3 heteroatoms. The number of ketones is 1. The van der Waals surface area contributed by atoms with Crippen molar-refractivity contribution in [3.05, 3.63) is 37.0 Å². The smallest absolute Gasteiger partial charge is 0.165 e. The van der Waals surface area contributed by atoms with Gasteiger partial charge in [-0.3, -0.25) is 4.79 Å². The number of hydrogen-bond donors (Lipinski definition) is 0. The van der Waals surface area contributed by atoms with E-state index in [1.807, 2.05) is 6.08 Å². The van der Waals surface area contributed by atoms with E-state index in [4.69, 9.17) is 9.47 Å². The van der Waals surface area contributed by atoms with Crippen molar-refractivity contribution in [1.82, 2.24) is 0 Å². The van der Waals surface area contributed by atoms with Crippen LogP contribution >= 0.6 is 0 Å². The Morgan fingerprint density at radius 3 is 3.00 bits per heavy atom. The third-order valence-electron chi connectivity index (χ3n) is 4.39. The Hall–Kier alpha value is -1.19. The summed E-state index contributed by atoms with van der Waals surface area (Å²) in [5.74, 6) is 0.184. The Kier molecular flexibility index (Phi) is 4.07. The van der Waals surface area contributed by atoms with E-state index in [2.05, 4.69) is 19.2 Å².